The Morgan fingerprint density at radius 2 is 1.33 bits per heavy atom. The SMILES string of the molecule is C=C(C)C(=O)O.O=C(CCCCC(=O)OCC1CO1)OCC1CO1. The van der Waals surface area contributed by atoms with Crippen molar-refractivity contribution >= 4 is 17.9 Å². The third-order valence-electron chi connectivity index (χ3n) is 3.04. The minimum Gasteiger partial charge on any atom is -0.478 e. The highest BCUT2D eigenvalue weighted by Gasteiger charge is 2.24. The Bertz CT molecular complexity index is 409. The van der Waals surface area contributed by atoms with Gasteiger partial charge in [0.15, 0.2) is 0 Å². The molecule has 0 spiro atoms. The first-order chi connectivity index (χ1) is 11.4. The van der Waals surface area contributed by atoms with Crippen LogP contribution in [0.15, 0.2) is 12.2 Å². The number of epoxide rings is 2. The largest absolute Gasteiger partial charge is 0.478 e. The molecule has 2 atom stereocenters. The number of unbranched alkanes of at least 4 members (excludes halogenated alkanes) is 1. The van der Waals surface area contributed by atoms with Gasteiger partial charge in [-0.3, -0.25) is 9.59 Å². The van der Waals surface area contributed by atoms with Crippen molar-refractivity contribution in [1.82, 2.24) is 0 Å². The lowest BCUT2D eigenvalue weighted by Gasteiger charge is -2.03. The topological polar surface area (TPSA) is 115 Å². The number of hydrogen-bond donors (Lipinski definition) is 1. The zero-order valence-electron chi connectivity index (χ0n) is 13.8. The van der Waals surface area contributed by atoms with Gasteiger partial charge in [0.25, 0.3) is 0 Å². The molecular weight excluding hydrogens is 320 g/mol. The van der Waals surface area contributed by atoms with E-state index in [-0.39, 0.29) is 29.7 Å². The molecule has 0 aromatic heterocycles. The van der Waals surface area contributed by atoms with Crippen LogP contribution in [0.2, 0.25) is 0 Å². The van der Waals surface area contributed by atoms with Gasteiger partial charge in [0.1, 0.15) is 25.4 Å². The Labute approximate surface area is 140 Å². The summed E-state index contributed by atoms with van der Waals surface area (Å²) >= 11 is 0. The molecule has 0 bridgehead atoms. The van der Waals surface area contributed by atoms with Crippen molar-refractivity contribution in [3.8, 4) is 0 Å². The van der Waals surface area contributed by atoms with Crippen molar-refractivity contribution in [2.45, 2.75) is 44.8 Å². The summed E-state index contributed by atoms with van der Waals surface area (Å²) in [7, 11) is 0. The monoisotopic (exact) mass is 344 g/mol. The van der Waals surface area contributed by atoms with Crippen molar-refractivity contribution in [1.29, 1.82) is 0 Å². The molecule has 136 valence electrons. The first-order valence-electron chi connectivity index (χ1n) is 7.81. The lowest BCUT2D eigenvalue weighted by Crippen LogP contribution is -2.11. The molecule has 2 saturated heterocycles. The van der Waals surface area contributed by atoms with Gasteiger partial charge in [0, 0.05) is 18.4 Å². The van der Waals surface area contributed by atoms with Gasteiger partial charge in [-0.05, 0) is 19.8 Å². The van der Waals surface area contributed by atoms with Crippen molar-refractivity contribution in [3.05, 3.63) is 12.2 Å². The Kier molecular flexibility index (Phi) is 9.03. The van der Waals surface area contributed by atoms with Crippen LogP contribution in [0.1, 0.15) is 32.6 Å². The summed E-state index contributed by atoms with van der Waals surface area (Å²) in [6, 6.07) is 0. The van der Waals surface area contributed by atoms with E-state index in [4.69, 9.17) is 24.1 Å². The van der Waals surface area contributed by atoms with Crippen LogP contribution in [0, 0.1) is 0 Å². The molecule has 0 aromatic rings. The number of carboxylic acids is 1. The first-order valence-corrected chi connectivity index (χ1v) is 7.81. The number of hydrogen-bond acceptors (Lipinski definition) is 7. The summed E-state index contributed by atoms with van der Waals surface area (Å²) in [5.41, 5.74) is 0.176. The van der Waals surface area contributed by atoms with Crippen molar-refractivity contribution in [2.75, 3.05) is 26.4 Å². The zero-order valence-corrected chi connectivity index (χ0v) is 13.8. The maximum Gasteiger partial charge on any atom is 0.330 e. The fraction of sp³-hybridized carbons (Fsp3) is 0.688. The van der Waals surface area contributed by atoms with Crippen molar-refractivity contribution in [3.63, 3.8) is 0 Å². The van der Waals surface area contributed by atoms with E-state index in [1.54, 1.807) is 0 Å². The summed E-state index contributed by atoms with van der Waals surface area (Å²) in [5, 5.41) is 7.89. The summed E-state index contributed by atoms with van der Waals surface area (Å²) in [6.07, 6.45) is 2.16. The lowest BCUT2D eigenvalue weighted by molar-refractivity contribution is -0.146. The van der Waals surface area contributed by atoms with Gasteiger partial charge in [-0.15, -0.1) is 0 Å². The second kappa shape index (κ2) is 10.8. The molecule has 2 aliphatic heterocycles. The molecule has 24 heavy (non-hydrogen) atoms. The van der Waals surface area contributed by atoms with E-state index in [0.717, 1.165) is 0 Å². The van der Waals surface area contributed by atoms with Crippen molar-refractivity contribution in [2.24, 2.45) is 0 Å². The molecule has 2 fully saturated rings. The molecule has 0 aliphatic carbocycles. The van der Waals surface area contributed by atoms with Crippen LogP contribution < -0.4 is 0 Å². The van der Waals surface area contributed by atoms with Gasteiger partial charge in [-0.1, -0.05) is 6.58 Å². The number of carbonyl (C=O) groups is 3. The van der Waals surface area contributed by atoms with E-state index in [9.17, 15) is 14.4 Å². The van der Waals surface area contributed by atoms with Crippen LogP contribution in [0.3, 0.4) is 0 Å². The van der Waals surface area contributed by atoms with E-state index in [2.05, 4.69) is 6.58 Å². The second-order valence-electron chi connectivity index (χ2n) is 5.57. The predicted molar refractivity (Wildman–Crippen MR) is 82.3 cm³/mol. The van der Waals surface area contributed by atoms with Crippen LogP contribution in [-0.4, -0.2) is 61.6 Å². The molecule has 0 radical (unpaired) electrons. The highest BCUT2D eigenvalue weighted by molar-refractivity contribution is 5.84. The Morgan fingerprint density at radius 3 is 1.58 bits per heavy atom. The smallest absolute Gasteiger partial charge is 0.330 e. The maximum atomic E-state index is 11.2. The molecule has 0 saturated carbocycles. The molecule has 2 unspecified atom stereocenters. The van der Waals surface area contributed by atoms with Gasteiger partial charge in [-0.25, -0.2) is 4.79 Å². The quantitative estimate of drug-likeness (QED) is 0.271. The van der Waals surface area contributed by atoms with Gasteiger partial charge in [0.05, 0.1) is 13.2 Å². The predicted octanol–water partition coefficient (Wildman–Crippen LogP) is 1.08. The minimum absolute atomic E-state index is 0.105. The number of rotatable bonds is 10. The molecule has 8 nitrogen and oxygen atoms in total. The molecular formula is C16H24O8. The second-order valence-corrected chi connectivity index (χ2v) is 5.57. The molecule has 2 heterocycles. The molecule has 8 heteroatoms. The fourth-order valence-corrected chi connectivity index (χ4v) is 1.38. The lowest BCUT2D eigenvalue weighted by atomic mass is 10.2. The molecule has 0 aromatic carbocycles. The highest BCUT2D eigenvalue weighted by atomic mass is 16.6. The number of ether oxygens (including phenoxy) is 4. The summed E-state index contributed by atoms with van der Waals surface area (Å²) in [4.78, 5) is 32.1. The van der Waals surface area contributed by atoms with E-state index in [1.807, 2.05) is 0 Å². The first kappa shape index (κ1) is 20.1. The average Bonchev–Trinajstić information content (AvgIpc) is 3.42. The fourth-order valence-electron chi connectivity index (χ4n) is 1.38. The Morgan fingerprint density at radius 1 is 1.00 bits per heavy atom. The number of aliphatic carboxylic acids is 1. The zero-order chi connectivity index (χ0) is 17.9. The van der Waals surface area contributed by atoms with E-state index in [1.165, 1.54) is 6.92 Å². The van der Waals surface area contributed by atoms with Crippen LogP contribution in [0.5, 0.6) is 0 Å². The van der Waals surface area contributed by atoms with Gasteiger partial charge in [0.2, 0.25) is 0 Å². The molecule has 1 N–H and O–H groups in total. The van der Waals surface area contributed by atoms with Crippen LogP contribution in [0.25, 0.3) is 0 Å². The normalized spacial score (nSPS) is 20.2. The Hall–Kier alpha value is -1.93. The van der Waals surface area contributed by atoms with Gasteiger partial charge >= 0.3 is 17.9 Å². The summed E-state index contributed by atoms with van der Waals surface area (Å²) in [5.74, 6) is -1.40. The van der Waals surface area contributed by atoms with E-state index in [0.29, 0.717) is 52.1 Å². The summed E-state index contributed by atoms with van der Waals surface area (Å²) < 4.78 is 19.8. The van der Waals surface area contributed by atoms with Crippen molar-refractivity contribution < 1.29 is 38.4 Å². The number of carboxylic acid groups (broad SMARTS) is 1. The number of esters is 2. The molecule has 2 aliphatic rings. The van der Waals surface area contributed by atoms with Crippen LogP contribution >= 0.6 is 0 Å². The third kappa shape index (κ3) is 11.6. The van der Waals surface area contributed by atoms with E-state index >= 15 is 0 Å². The van der Waals surface area contributed by atoms with Gasteiger partial charge in [-0.2, -0.15) is 0 Å². The summed E-state index contributed by atoms with van der Waals surface area (Å²) in [6.45, 7) is 6.67. The standard InChI is InChI=1S/C12H18O6.C4H6O2/c13-11(17-7-9-5-15-9)3-1-2-4-12(14)18-8-10-6-16-10;1-3(2)4(5)6/h9-10H,1-8H2;1H2,2H3,(H,5,6). The van der Waals surface area contributed by atoms with Crippen LogP contribution in [-0.2, 0) is 33.3 Å². The van der Waals surface area contributed by atoms with E-state index < -0.39 is 5.97 Å². The number of carbonyl (C=O) groups excluding carboxylic acids is 2. The average molecular weight is 344 g/mol. The minimum atomic E-state index is -0.935. The molecule has 2 rings (SSSR count). The highest BCUT2D eigenvalue weighted by Crippen LogP contribution is 2.11. The van der Waals surface area contributed by atoms with Crippen LogP contribution in [0.4, 0.5) is 0 Å². The molecule has 0 amide bonds. The Balaban J connectivity index is 0.000000413. The van der Waals surface area contributed by atoms with Gasteiger partial charge < -0.3 is 24.1 Å². The third-order valence-corrected chi connectivity index (χ3v) is 3.04. The maximum absolute atomic E-state index is 11.2.